The molecule has 0 bridgehead atoms. The number of nitrogens with one attached hydrogen (secondary N) is 1. The zero-order valence-corrected chi connectivity index (χ0v) is 12.9. The van der Waals surface area contributed by atoms with E-state index in [9.17, 15) is 9.18 Å². The van der Waals surface area contributed by atoms with Gasteiger partial charge in [-0.1, -0.05) is 11.6 Å². The molecule has 0 unspecified atom stereocenters. The third kappa shape index (κ3) is 4.11. The Kier molecular flexibility index (Phi) is 5.22. The van der Waals surface area contributed by atoms with E-state index in [-0.39, 0.29) is 10.9 Å². The SMILES string of the molecule is COc1ccc(O[C@H](C)C(=O)Nc2ccc(F)c(Cl)c2)cc1. The van der Waals surface area contributed by atoms with Gasteiger partial charge in [-0.15, -0.1) is 0 Å². The molecule has 0 saturated carbocycles. The van der Waals surface area contributed by atoms with Gasteiger partial charge in [0.1, 0.15) is 17.3 Å². The normalized spacial score (nSPS) is 11.6. The molecule has 116 valence electrons. The van der Waals surface area contributed by atoms with Crippen LogP contribution in [0.4, 0.5) is 10.1 Å². The maximum absolute atomic E-state index is 13.1. The highest BCUT2D eigenvalue weighted by molar-refractivity contribution is 6.31. The van der Waals surface area contributed by atoms with E-state index in [1.807, 2.05) is 0 Å². The molecule has 0 radical (unpaired) electrons. The number of methoxy groups -OCH3 is 1. The molecule has 0 aliphatic carbocycles. The molecule has 2 rings (SSSR count). The number of rotatable bonds is 5. The van der Waals surface area contributed by atoms with Crippen molar-refractivity contribution in [1.29, 1.82) is 0 Å². The second-order valence-electron chi connectivity index (χ2n) is 4.55. The van der Waals surface area contributed by atoms with Crippen LogP contribution in [0.25, 0.3) is 0 Å². The summed E-state index contributed by atoms with van der Waals surface area (Å²) in [7, 11) is 1.57. The summed E-state index contributed by atoms with van der Waals surface area (Å²) in [4.78, 5) is 12.0. The van der Waals surface area contributed by atoms with Crippen molar-refractivity contribution in [2.45, 2.75) is 13.0 Å². The molecule has 22 heavy (non-hydrogen) atoms. The summed E-state index contributed by atoms with van der Waals surface area (Å²) in [6, 6.07) is 10.8. The minimum Gasteiger partial charge on any atom is -0.497 e. The van der Waals surface area contributed by atoms with E-state index >= 15 is 0 Å². The first-order valence-electron chi connectivity index (χ1n) is 6.56. The number of carbonyl (C=O) groups is 1. The Morgan fingerprint density at radius 1 is 1.18 bits per heavy atom. The zero-order chi connectivity index (χ0) is 16.1. The van der Waals surface area contributed by atoms with Gasteiger partial charge in [0, 0.05) is 5.69 Å². The molecule has 0 aliphatic heterocycles. The standard InChI is InChI=1S/C16H15ClFNO3/c1-10(22-13-6-4-12(21-2)5-7-13)16(20)19-11-3-8-15(18)14(17)9-11/h3-10H,1-2H3,(H,19,20)/t10-/m1/s1. The number of halogens is 2. The molecule has 4 nitrogen and oxygen atoms in total. The lowest BCUT2D eigenvalue weighted by Crippen LogP contribution is -2.30. The van der Waals surface area contributed by atoms with Crippen molar-refractivity contribution in [3.05, 3.63) is 53.3 Å². The lowest BCUT2D eigenvalue weighted by Gasteiger charge is -2.15. The topological polar surface area (TPSA) is 47.6 Å². The first-order valence-corrected chi connectivity index (χ1v) is 6.94. The van der Waals surface area contributed by atoms with Crippen molar-refractivity contribution in [2.75, 3.05) is 12.4 Å². The Morgan fingerprint density at radius 3 is 2.41 bits per heavy atom. The van der Waals surface area contributed by atoms with Crippen LogP contribution in [0.15, 0.2) is 42.5 Å². The Bertz CT molecular complexity index is 661. The molecular formula is C16H15ClFNO3. The lowest BCUT2D eigenvalue weighted by atomic mass is 10.3. The van der Waals surface area contributed by atoms with Gasteiger partial charge in [-0.2, -0.15) is 0 Å². The van der Waals surface area contributed by atoms with Crippen molar-refractivity contribution in [3.63, 3.8) is 0 Å². The monoisotopic (exact) mass is 323 g/mol. The Morgan fingerprint density at radius 2 is 1.82 bits per heavy atom. The van der Waals surface area contributed by atoms with Gasteiger partial charge < -0.3 is 14.8 Å². The largest absolute Gasteiger partial charge is 0.497 e. The van der Waals surface area contributed by atoms with Crippen LogP contribution in [0.1, 0.15) is 6.92 Å². The Labute approximate surface area is 132 Å². The highest BCUT2D eigenvalue weighted by Gasteiger charge is 2.15. The number of anilines is 1. The van der Waals surface area contributed by atoms with E-state index in [1.165, 1.54) is 18.2 Å². The van der Waals surface area contributed by atoms with Gasteiger partial charge in [0.15, 0.2) is 6.10 Å². The molecule has 0 heterocycles. The maximum atomic E-state index is 13.1. The zero-order valence-electron chi connectivity index (χ0n) is 12.1. The van der Waals surface area contributed by atoms with E-state index in [0.29, 0.717) is 17.2 Å². The number of hydrogen-bond donors (Lipinski definition) is 1. The van der Waals surface area contributed by atoms with Crippen LogP contribution in [0.3, 0.4) is 0 Å². The summed E-state index contributed by atoms with van der Waals surface area (Å²) in [5.74, 6) is 0.340. The predicted octanol–water partition coefficient (Wildman–Crippen LogP) is 3.89. The predicted molar refractivity (Wildman–Crippen MR) is 83.1 cm³/mol. The van der Waals surface area contributed by atoms with E-state index in [2.05, 4.69) is 5.32 Å². The fraction of sp³-hybridized carbons (Fsp3) is 0.188. The van der Waals surface area contributed by atoms with Crippen LogP contribution < -0.4 is 14.8 Å². The van der Waals surface area contributed by atoms with Crippen LogP contribution in [0.2, 0.25) is 5.02 Å². The molecule has 0 saturated heterocycles. The van der Waals surface area contributed by atoms with Crippen LogP contribution in [0.5, 0.6) is 11.5 Å². The smallest absolute Gasteiger partial charge is 0.265 e. The van der Waals surface area contributed by atoms with E-state index < -0.39 is 11.9 Å². The van der Waals surface area contributed by atoms with Gasteiger partial charge in [0.25, 0.3) is 5.91 Å². The molecule has 1 amide bonds. The maximum Gasteiger partial charge on any atom is 0.265 e. The van der Waals surface area contributed by atoms with Crippen molar-refractivity contribution < 1.29 is 18.7 Å². The van der Waals surface area contributed by atoms with Gasteiger partial charge in [-0.05, 0) is 49.4 Å². The van der Waals surface area contributed by atoms with Crippen molar-refractivity contribution in [1.82, 2.24) is 0 Å². The minimum atomic E-state index is -0.725. The summed E-state index contributed by atoms with van der Waals surface area (Å²) in [5.41, 5.74) is 0.404. The number of amides is 1. The molecule has 1 atom stereocenters. The summed E-state index contributed by atoms with van der Waals surface area (Å²) < 4.78 is 23.6. The Balaban J connectivity index is 1.97. The van der Waals surface area contributed by atoms with Crippen LogP contribution in [0, 0.1) is 5.82 Å². The van der Waals surface area contributed by atoms with Gasteiger partial charge >= 0.3 is 0 Å². The van der Waals surface area contributed by atoms with Crippen LogP contribution in [-0.4, -0.2) is 19.1 Å². The average molecular weight is 324 g/mol. The molecule has 6 heteroatoms. The van der Waals surface area contributed by atoms with Gasteiger partial charge in [-0.3, -0.25) is 4.79 Å². The quantitative estimate of drug-likeness (QED) is 0.908. The second kappa shape index (κ2) is 7.13. The van der Waals surface area contributed by atoms with E-state index in [1.54, 1.807) is 38.3 Å². The number of ether oxygens (including phenoxy) is 2. The molecule has 0 aliphatic rings. The van der Waals surface area contributed by atoms with Crippen molar-refractivity contribution in [2.24, 2.45) is 0 Å². The lowest BCUT2D eigenvalue weighted by molar-refractivity contribution is -0.122. The van der Waals surface area contributed by atoms with Gasteiger partial charge in [-0.25, -0.2) is 4.39 Å². The number of benzene rings is 2. The molecule has 0 spiro atoms. The van der Waals surface area contributed by atoms with E-state index in [0.717, 1.165) is 0 Å². The van der Waals surface area contributed by atoms with Crippen LogP contribution in [-0.2, 0) is 4.79 Å². The highest BCUT2D eigenvalue weighted by atomic mass is 35.5. The summed E-state index contributed by atoms with van der Waals surface area (Å²) in [6.45, 7) is 1.62. The molecule has 1 N–H and O–H groups in total. The van der Waals surface area contributed by atoms with Gasteiger partial charge in [0.2, 0.25) is 0 Å². The average Bonchev–Trinajstić information content (AvgIpc) is 2.51. The summed E-state index contributed by atoms with van der Waals surface area (Å²) in [5, 5.41) is 2.56. The molecule has 2 aromatic carbocycles. The highest BCUT2D eigenvalue weighted by Crippen LogP contribution is 2.21. The summed E-state index contributed by atoms with van der Waals surface area (Å²) in [6.07, 6.45) is -0.725. The number of hydrogen-bond acceptors (Lipinski definition) is 3. The molecule has 0 fully saturated rings. The first kappa shape index (κ1) is 16.1. The first-order chi connectivity index (χ1) is 10.5. The molecule has 0 aromatic heterocycles. The Hall–Kier alpha value is -2.27. The van der Waals surface area contributed by atoms with Crippen molar-refractivity contribution in [3.8, 4) is 11.5 Å². The van der Waals surface area contributed by atoms with Crippen LogP contribution >= 0.6 is 11.6 Å². The van der Waals surface area contributed by atoms with E-state index in [4.69, 9.17) is 21.1 Å². The molecule has 2 aromatic rings. The molecular weight excluding hydrogens is 309 g/mol. The second-order valence-corrected chi connectivity index (χ2v) is 4.96. The third-order valence-electron chi connectivity index (χ3n) is 2.93. The number of carbonyl (C=O) groups excluding carboxylic acids is 1. The van der Waals surface area contributed by atoms with Gasteiger partial charge in [0.05, 0.1) is 12.1 Å². The van der Waals surface area contributed by atoms with Crippen molar-refractivity contribution >= 4 is 23.2 Å². The fourth-order valence-electron chi connectivity index (χ4n) is 1.73. The third-order valence-corrected chi connectivity index (χ3v) is 3.22. The fourth-order valence-corrected chi connectivity index (χ4v) is 1.91. The summed E-state index contributed by atoms with van der Waals surface area (Å²) >= 11 is 5.67. The minimum absolute atomic E-state index is 0.0541.